The largest absolute Gasteiger partial charge is 0.0751 e. The average Bonchev–Trinajstić information content (AvgIpc) is 2.28. The third-order valence-electron chi connectivity index (χ3n) is 2.84. The fourth-order valence-electron chi connectivity index (χ4n) is 1.54. The highest BCUT2D eigenvalue weighted by Gasteiger charge is 2.11. The zero-order chi connectivity index (χ0) is 10.6. The summed E-state index contributed by atoms with van der Waals surface area (Å²) < 4.78 is 0. The monoisotopic (exact) mass is 190 g/mol. The first-order valence-corrected chi connectivity index (χ1v) is 5.61. The van der Waals surface area contributed by atoms with Crippen molar-refractivity contribution in [3.05, 3.63) is 36.0 Å². The molecule has 78 valence electrons. The highest BCUT2D eigenvalue weighted by Crippen LogP contribution is 2.25. The van der Waals surface area contributed by atoms with Crippen LogP contribution in [0.5, 0.6) is 0 Å². The van der Waals surface area contributed by atoms with Gasteiger partial charge >= 0.3 is 0 Å². The average molecular weight is 190 g/mol. The lowest BCUT2D eigenvalue weighted by Crippen LogP contribution is -2.00. The Hall–Kier alpha value is -0.780. The van der Waals surface area contributed by atoms with Crippen molar-refractivity contribution in [1.29, 1.82) is 0 Å². The van der Waals surface area contributed by atoms with Crippen LogP contribution in [0.2, 0.25) is 0 Å². The third kappa shape index (κ3) is 3.53. The molecule has 0 saturated carbocycles. The molecule has 1 atom stereocenters. The van der Waals surface area contributed by atoms with E-state index in [1.807, 2.05) is 0 Å². The van der Waals surface area contributed by atoms with E-state index in [0.29, 0.717) is 0 Å². The second-order valence-corrected chi connectivity index (χ2v) is 4.97. The SMILES string of the molecule is CCC(C)CC1=CC=CC(C)(C)C=C1. The Labute approximate surface area is 88.4 Å². The van der Waals surface area contributed by atoms with Gasteiger partial charge in [0.15, 0.2) is 0 Å². The Morgan fingerprint density at radius 3 is 2.64 bits per heavy atom. The minimum Gasteiger partial charge on any atom is -0.0751 e. The normalized spacial score (nSPS) is 21.6. The van der Waals surface area contributed by atoms with E-state index < -0.39 is 0 Å². The molecule has 0 aromatic rings. The second-order valence-electron chi connectivity index (χ2n) is 4.97. The van der Waals surface area contributed by atoms with Crippen molar-refractivity contribution in [3.8, 4) is 0 Å². The van der Waals surface area contributed by atoms with Crippen molar-refractivity contribution in [1.82, 2.24) is 0 Å². The lowest BCUT2D eigenvalue weighted by molar-refractivity contribution is 0.561. The summed E-state index contributed by atoms with van der Waals surface area (Å²) in [5, 5.41) is 0. The predicted octanol–water partition coefficient (Wildman–Crippen LogP) is 4.50. The fourth-order valence-corrected chi connectivity index (χ4v) is 1.54. The molecule has 14 heavy (non-hydrogen) atoms. The van der Waals surface area contributed by atoms with E-state index in [0.717, 1.165) is 5.92 Å². The van der Waals surface area contributed by atoms with E-state index in [-0.39, 0.29) is 5.41 Å². The Balaban J connectivity index is 2.65. The third-order valence-corrected chi connectivity index (χ3v) is 2.84. The maximum atomic E-state index is 2.31. The summed E-state index contributed by atoms with van der Waals surface area (Å²) >= 11 is 0. The highest BCUT2D eigenvalue weighted by atomic mass is 14.2. The first-order chi connectivity index (χ1) is 6.53. The number of rotatable bonds is 3. The van der Waals surface area contributed by atoms with Crippen LogP contribution >= 0.6 is 0 Å². The minimum absolute atomic E-state index is 0.216. The van der Waals surface area contributed by atoms with Crippen LogP contribution in [0.4, 0.5) is 0 Å². The molecule has 0 amide bonds. The van der Waals surface area contributed by atoms with Crippen LogP contribution in [0.3, 0.4) is 0 Å². The van der Waals surface area contributed by atoms with Gasteiger partial charge in [-0.25, -0.2) is 0 Å². The van der Waals surface area contributed by atoms with Crippen molar-refractivity contribution >= 4 is 0 Å². The summed E-state index contributed by atoms with van der Waals surface area (Å²) in [4.78, 5) is 0. The summed E-state index contributed by atoms with van der Waals surface area (Å²) in [6.07, 6.45) is 13.7. The molecule has 0 aliphatic heterocycles. The molecule has 0 aromatic carbocycles. The van der Waals surface area contributed by atoms with E-state index in [1.54, 1.807) is 0 Å². The predicted molar refractivity (Wildman–Crippen MR) is 64.2 cm³/mol. The number of hydrogen-bond acceptors (Lipinski definition) is 0. The smallest absolute Gasteiger partial charge is 0.00107 e. The molecule has 1 unspecified atom stereocenters. The number of allylic oxidation sites excluding steroid dienone is 6. The molecular formula is C14H22. The van der Waals surface area contributed by atoms with E-state index >= 15 is 0 Å². The van der Waals surface area contributed by atoms with Crippen molar-refractivity contribution < 1.29 is 0 Å². The zero-order valence-corrected chi connectivity index (χ0v) is 9.88. The highest BCUT2D eigenvalue weighted by molar-refractivity contribution is 5.30. The van der Waals surface area contributed by atoms with Gasteiger partial charge in [0.2, 0.25) is 0 Å². The second kappa shape index (κ2) is 4.63. The summed E-state index contributed by atoms with van der Waals surface area (Å²) in [7, 11) is 0. The van der Waals surface area contributed by atoms with Crippen molar-refractivity contribution in [2.24, 2.45) is 11.3 Å². The van der Waals surface area contributed by atoms with Crippen LogP contribution in [0.1, 0.15) is 40.5 Å². The molecule has 0 radical (unpaired) electrons. The van der Waals surface area contributed by atoms with Crippen LogP contribution in [0.15, 0.2) is 36.0 Å². The van der Waals surface area contributed by atoms with Gasteiger partial charge in [0, 0.05) is 5.41 Å². The molecule has 0 nitrogen and oxygen atoms in total. The van der Waals surface area contributed by atoms with Crippen LogP contribution < -0.4 is 0 Å². The lowest BCUT2D eigenvalue weighted by Gasteiger charge is -2.13. The van der Waals surface area contributed by atoms with E-state index in [2.05, 4.69) is 58.1 Å². The lowest BCUT2D eigenvalue weighted by atomic mass is 9.92. The van der Waals surface area contributed by atoms with E-state index in [1.165, 1.54) is 18.4 Å². The summed E-state index contributed by atoms with van der Waals surface area (Å²) in [5.74, 6) is 0.792. The van der Waals surface area contributed by atoms with E-state index in [9.17, 15) is 0 Å². The molecule has 0 bridgehead atoms. The van der Waals surface area contributed by atoms with Gasteiger partial charge in [-0.3, -0.25) is 0 Å². The first kappa shape index (κ1) is 11.3. The Kier molecular flexibility index (Phi) is 3.74. The molecule has 0 heterocycles. The minimum atomic E-state index is 0.216. The van der Waals surface area contributed by atoms with Crippen molar-refractivity contribution in [3.63, 3.8) is 0 Å². The maximum absolute atomic E-state index is 2.31. The van der Waals surface area contributed by atoms with Gasteiger partial charge in [0.25, 0.3) is 0 Å². The van der Waals surface area contributed by atoms with Crippen LogP contribution in [-0.2, 0) is 0 Å². The zero-order valence-electron chi connectivity index (χ0n) is 9.88. The van der Waals surface area contributed by atoms with Gasteiger partial charge < -0.3 is 0 Å². The van der Waals surface area contributed by atoms with Crippen LogP contribution in [0, 0.1) is 11.3 Å². The molecule has 0 saturated heterocycles. The molecule has 0 N–H and O–H groups in total. The standard InChI is InChI=1S/C14H22/c1-5-12(2)11-13-7-6-9-14(3,4)10-8-13/h6-10,12H,5,11H2,1-4H3. The molecule has 0 fully saturated rings. The Bertz CT molecular complexity index is 264. The Morgan fingerprint density at radius 1 is 1.29 bits per heavy atom. The number of hydrogen-bond donors (Lipinski definition) is 0. The van der Waals surface area contributed by atoms with Gasteiger partial charge in [-0.15, -0.1) is 0 Å². The molecular weight excluding hydrogens is 168 g/mol. The summed E-state index contributed by atoms with van der Waals surface area (Å²) in [6, 6.07) is 0. The van der Waals surface area contributed by atoms with Crippen LogP contribution in [-0.4, -0.2) is 0 Å². The molecule has 0 spiro atoms. The first-order valence-electron chi connectivity index (χ1n) is 5.61. The fraction of sp³-hybridized carbons (Fsp3) is 0.571. The van der Waals surface area contributed by atoms with Gasteiger partial charge in [0.05, 0.1) is 0 Å². The summed E-state index contributed by atoms with van der Waals surface area (Å²) in [6.45, 7) is 9.04. The summed E-state index contributed by atoms with van der Waals surface area (Å²) in [5.41, 5.74) is 1.68. The molecule has 1 aliphatic rings. The molecule has 1 aliphatic carbocycles. The van der Waals surface area contributed by atoms with E-state index in [4.69, 9.17) is 0 Å². The van der Waals surface area contributed by atoms with Crippen molar-refractivity contribution in [2.45, 2.75) is 40.5 Å². The van der Waals surface area contributed by atoms with Gasteiger partial charge in [-0.1, -0.05) is 64.5 Å². The van der Waals surface area contributed by atoms with Crippen molar-refractivity contribution in [2.75, 3.05) is 0 Å². The topological polar surface area (TPSA) is 0 Å². The van der Waals surface area contributed by atoms with Gasteiger partial charge in [0.1, 0.15) is 0 Å². The quantitative estimate of drug-likeness (QED) is 0.614. The Morgan fingerprint density at radius 2 is 2.00 bits per heavy atom. The maximum Gasteiger partial charge on any atom is 0.00107 e. The van der Waals surface area contributed by atoms with Gasteiger partial charge in [-0.2, -0.15) is 0 Å². The van der Waals surface area contributed by atoms with Gasteiger partial charge in [-0.05, 0) is 17.9 Å². The van der Waals surface area contributed by atoms with Crippen LogP contribution in [0.25, 0.3) is 0 Å². The molecule has 0 aromatic heterocycles. The molecule has 0 heteroatoms. The molecule has 1 rings (SSSR count).